The monoisotopic (exact) mass is 555 g/mol. The second-order valence-corrected chi connectivity index (χ2v) is 9.62. The molecule has 0 unspecified atom stereocenters. The number of hydrogen-bond donors (Lipinski definition) is 1. The van der Waals surface area contributed by atoms with Gasteiger partial charge in [0.2, 0.25) is 5.88 Å². The highest BCUT2D eigenvalue weighted by molar-refractivity contribution is 9.10. The number of azo groups is 1. The standard InChI is InChI=1S/C26H30BrN5O4/c1-18(19-7-10-21(35-2)11-8-19)30-36-16-24(33)28-29-25-22-15-20(27)9-12-23(22)32(26(25)34)17-31-13-5-3-4-6-14-31/h7-12,15,34H,3-6,13-14,16-17H2,1-2H3/b29-28?,30-18+. The lowest BCUT2D eigenvalue weighted by molar-refractivity contribution is -0.122. The molecule has 0 atom stereocenters. The first-order chi connectivity index (χ1) is 17.5. The van der Waals surface area contributed by atoms with Gasteiger partial charge in [-0.15, -0.1) is 10.2 Å². The maximum absolute atomic E-state index is 12.3. The number of oxime groups is 1. The van der Waals surface area contributed by atoms with E-state index in [1.165, 1.54) is 12.8 Å². The molecule has 36 heavy (non-hydrogen) atoms. The molecule has 1 amide bonds. The van der Waals surface area contributed by atoms with E-state index in [0.29, 0.717) is 17.8 Å². The molecule has 1 N–H and O–H groups in total. The van der Waals surface area contributed by atoms with Gasteiger partial charge in [-0.25, -0.2) is 0 Å². The molecule has 4 rings (SSSR count). The molecule has 1 aromatic heterocycles. The number of benzene rings is 2. The van der Waals surface area contributed by atoms with Gasteiger partial charge in [0, 0.05) is 9.86 Å². The number of rotatable bonds is 8. The Kier molecular flexibility index (Phi) is 8.71. The third kappa shape index (κ3) is 6.30. The third-order valence-electron chi connectivity index (χ3n) is 6.17. The van der Waals surface area contributed by atoms with Crippen molar-refractivity contribution in [1.29, 1.82) is 0 Å². The summed E-state index contributed by atoms with van der Waals surface area (Å²) >= 11 is 3.48. The van der Waals surface area contributed by atoms with Gasteiger partial charge in [-0.2, -0.15) is 0 Å². The zero-order valence-electron chi connectivity index (χ0n) is 20.5. The number of methoxy groups -OCH3 is 1. The summed E-state index contributed by atoms with van der Waals surface area (Å²) in [6, 6.07) is 13.1. The van der Waals surface area contributed by atoms with E-state index in [2.05, 4.69) is 36.2 Å². The van der Waals surface area contributed by atoms with Gasteiger partial charge in [-0.3, -0.25) is 14.3 Å². The molecule has 1 aliphatic rings. The molecule has 0 bridgehead atoms. The summed E-state index contributed by atoms with van der Waals surface area (Å²) in [5.41, 5.74) is 2.55. The topological polar surface area (TPSA) is 101 Å². The molecular weight excluding hydrogens is 526 g/mol. The highest BCUT2D eigenvalue weighted by Gasteiger charge is 2.20. The van der Waals surface area contributed by atoms with Crippen molar-refractivity contribution in [1.82, 2.24) is 9.47 Å². The lowest BCUT2D eigenvalue weighted by Crippen LogP contribution is -2.27. The Bertz CT molecular complexity index is 1260. The first-order valence-corrected chi connectivity index (χ1v) is 12.7. The lowest BCUT2D eigenvalue weighted by atomic mass is 10.1. The summed E-state index contributed by atoms with van der Waals surface area (Å²) in [5, 5.41) is 23.6. The fraction of sp³-hybridized carbons (Fsp3) is 0.385. The van der Waals surface area contributed by atoms with Crippen molar-refractivity contribution in [2.75, 3.05) is 26.8 Å². The van der Waals surface area contributed by atoms with Crippen LogP contribution >= 0.6 is 15.9 Å². The van der Waals surface area contributed by atoms with Crippen molar-refractivity contribution in [3.63, 3.8) is 0 Å². The summed E-state index contributed by atoms with van der Waals surface area (Å²) in [7, 11) is 1.60. The largest absolute Gasteiger partial charge is 0.497 e. The molecule has 0 aliphatic carbocycles. The van der Waals surface area contributed by atoms with Crippen LogP contribution in [0, 0.1) is 0 Å². The van der Waals surface area contributed by atoms with Gasteiger partial charge in [0.05, 0.1) is 25.0 Å². The van der Waals surface area contributed by atoms with Crippen LogP contribution in [0.5, 0.6) is 11.6 Å². The molecule has 3 aromatic rings. The Balaban J connectivity index is 1.46. The number of likely N-dealkylation sites (tertiary alicyclic amines) is 1. The molecule has 10 heteroatoms. The van der Waals surface area contributed by atoms with E-state index in [0.717, 1.165) is 47.2 Å². The van der Waals surface area contributed by atoms with E-state index in [1.54, 1.807) is 14.0 Å². The van der Waals surface area contributed by atoms with Gasteiger partial charge in [0.1, 0.15) is 5.75 Å². The van der Waals surface area contributed by atoms with Gasteiger partial charge in [0.15, 0.2) is 12.3 Å². The SMILES string of the molecule is COc1ccc(/C(C)=N/OCC(=O)N=Nc2c(O)n(CN3CCCCCC3)c3ccc(Br)cc23)cc1. The van der Waals surface area contributed by atoms with Crippen LogP contribution in [0.3, 0.4) is 0 Å². The van der Waals surface area contributed by atoms with Crippen molar-refractivity contribution in [3.05, 3.63) is 52.5 Å². The summed E-state index contributed by atoms with van der Waals surface area (Å²) in [5.74, 6) is 0.119. The Morgan fingerprint density at radius 3 is 2.50 bits per heavy atom. The van der Waals surface area contributed by atoms with E-state index in [4.69, 9.17) is 9.57 Å². The van der Waals surface area contributed by atoms with Gasteiger partial charge >= 0.3 is 5.91 Å². The molecular formula is C26H30BrN5O4. The van der Waals surface area contributed by atoms with Gasteiger partial charge < -0.3 is 14.7 Å². The predicted octanol–water partition coefficient (Wildman–Crippen LogP) is 6.00. The van der Waals surface area contributed by atoms with Crippen molar-refractivity contribution in [2.45, 2.75) is 39.3 Å². The van der Waals surface area contributed by atoms with Crippen LogP contribution in [0.1, 0.15) is 38.2 Å². The molecule has 1 aliphatic heterocycles. The lowest BCUT2D eigenvalue weighted by Gasteiger charge is -2.21. The van der Waals surface area contributed by atoms with Gasteiger partial charge in [-0.05, 0) is 80.9 Å². The second kappa shape index (κ2) is 12.1. The minimum Gasteiger partial charge on any atom is -0.497 e. The van der Waals surface area contributed by atoms with Crippen LogP contribution in [0.2, 0.25) is 0 Å². The normalized spacial score (nSPS) is 15.4. The molecule has 9 nitrogen and oxygen atoms in total. The number of ether oxygens (including phenoxy) is 1. The average molecular weight is 556 g/mol. The smallest absolute Gasteiger partial charge is 0.304 e. The molecule has 1 fully saturated rings. The zero-order valence-corrected chi connectivity index (χ0v) is 22.1. The molecule has 0 radical (unpaired) electrons. The van der Waals surface area contributed by atoms with E-state index in [9.17, 15) is 9.90 Å². The summed E-state index contributed by atoms with van der Waals surface area (Å²) < 4.78 is 7.82. The number of hydrogen-bond acceptors (Lipinski definition) is 7. The van der Waals surface area contributed by atoms with Crippen molar-refractivity contribution < 1.29 is 19.5 Å². The first kappa shape index (κ1) is 25.8. The molecule has 0 spiro atoms. The number of aromatic nitrogens is 1. The number of fused-ring (bicyclic) bond motifs is 1. The van der Waals surface area contributed by atoms with Gasteiger partial charge in [-0.1, -0.05) is 33.9 Å². The molecule has 1 saturated heterocycles. The summed E-state index contributed by atoms with van der Waals surface area (Å²) in [6.45, 7) is 3.93. The minimum atomic E-state index is -0.607. The maximum atomic E-state index is 12.3. The zero-order chi connectivity index (χ0) is 25.5. The Morgan fingerprint density at radius 1 is 1.08 bits per heavy atom. The van der Waals surface area contributed by atoms with E-state index in [-0.39, 0.29) is 18.2 Å². The number of nitrogens with zero attached hydrogens (tertiary/aromatic N) is 5. The Morgan fingerprint density at radius 2 is 1.81 bits per heavy atom. The minimum absolute atomic E-state index is 0.0156. The van der Waals surface area contributed by atoms with Crippen LogP contribution in [0.25, 0.3) is 10.9 Å². The number of carbonyl (C=O) groups is 1. The molecule has 2 heterocycles. The van der Waals surface area contributed by atoms with Crippen molar-refractivity contribution in [2.24, 2.45) is 15.4 Å². The van der Waals surface area contributed by atoms with E-state index >= 15 is 0 Å². The molecule has 2 aromatic carbocycles. The first-order valence-electron chi connectivity index (χ1n) is 11.9. The maximum Gasteiger partial charge on any atom is 0.304 e. The second-order valence-electron chi connectivity index (χ2n) is 8.71. The Labute approximate surface area is 218 Å². The van der Waals surface area contributed by atoms with Crippen LogP contribution in [-0.2, 0) is 16.3 Å². The van der Waals surface area contributed by atoms with Crippen LogP contribution in [0.15, 0.2) is 62.3 Å². The molecule has 190 valence electrons. The summed E-state index contributed by atoms with van der Waals surface area (Å²) in [6.07, 6.45) is 4.75. The predicted molar refractivity (Wildman–Crippen MR) is 142 cm³/mol. The quantitative estimate of drug-likeness (QED) is 0.208. The summed E-state index contributed by atoms with van der Waals surface area (Å²) in [4.78, 5) is 19.8. The van der Waals surface area contributed by atoms with Crippen LogP contribution in [0.4, 0.5) is 5.69 Å². The van der Waals surface area contributed by atoms with Crippen LogP contribution in [-0.4, -0.2) is 53.0 Å². The van der Waals surface area contributed by atoms with Crippen LogP contribution < -0.4 is 4.74 Å². The van der Waals surface area contributed by atoms with E-state index in [1.807, 2.05) is 47.0 Å². The average Bonchev–Trinajstić information content (AvgIpc) is 3.03. The van der Waals surface area contributed by atoms with Crippen molar-refractivity contribution >= 4 is 44.1 Å². The number of halogens is 1. The van der Waals surface area contributed by atoms with Crippen molar-refractivity contribution in [3.8, 4) is 11.6 Å². The fourth-order valence-corrected chi connectivity index (χ4v) is 4.58. The number of carbonyl (C=O) groups excluding carboxylic acids is 1. The third-order valence-corrected chi connectivity index (χ3v) is 6.66. The highest BCUT2D eigenvalue weighted by atomic mass is 79.9. The Hall–Kier alpha value is -3.24. The molecule has 0 saturated carbocycles. The number of aromatic hydroxyl groups is 1. The fourth-order valence-electron chi connectivity index (χ4n) is 4.22. The number of amides is 1. The highest BCUT2D eigenvalue weighted by Crippen LogP contribution is 2.40. The van der Waals surface area contributed by atoms with Gasteiger partial charge in [0.25, 0.3) is 0 Å². The van der Waals surface area contributed by atoms with E-state index < -0.39 is 5.91 Å².